The fourth-order valence-electron chi connectivity index (χ4n) is 2.31. The van der Waals surface area contributed by atoms with Gasteiger partial charge in [0, 0.05) is 25.7 Å². The molecule has 2 unspecified atom stereocenters. The van der Waals surface area contributed by atoms with Crippen LogP contribution in [0.3, 0.4) is 0 Å². The summed E-state index contributed by atoms with van der Waals surface area (Å²) in [6, 6.07) is 0.356. The molecule has 0 radical (unpaired) electrons. The first-order chi connectivity index (χ1) is 6.66. The molecule has 2 atom stereocenters. The van der Waals surface area contributed by atoms with Gasteiger partial charge < -0.3 is 10.0 Å². The first kappa shape index (κ1) is 10.4. The Morgan fingerprint density at radius 1 is 1.29 bits per heavy atom. The van der Waals surface area contributed by atoms with Gasteiger partial charge in [-0.05, 0) is 26.4 Å². The third kappa shape index (κ3) is 2.47. The Kier molecular flexibility index (Phi) is 3.10. The fourth-order valence-corrected chi connectivity index (χ4v) is 2.31. The molecule has 0 aromatic rings. The van der Waals surface area contributed by atoms with Gasteiger partial charge in [0.25, 0.3) is 0 Å². The first-order valence-corrected chi connectivity index (χ1v) is 5.73. The van der Waals surface area contributed by atoms with Crippen LogP contribution in [0.25, 0.3) is 0 Å². The molecule has 0 amide bonds. The summed E-state index contributed by atoms with van der Waals surface area (Å²) in [6.07, 6.45) is 3.57. The lowest BCUT2D eigenvalue weighted by atomic mass is 10.0. The van der Waals surface area contributed by atoms with Crippen LogP contribution in [0.1, 0.15) is 19.3 Å². The smallest absolute Gasteiger partial charge is 0.0710 e. The van der Waals surface area contributed by atoms with Crippen molar-refractivity contribution in [1.29, 1.82) is 0 Å². The van der Waals surface area contributed by atoms with Gasteiger partial charge in [-0.15, -0.1) is 0 Å². The van der Waals surface area contributed by atoms with Crippen LogP contribution in [0.4, 0.5) is 0 Å². The molecule has 1 aliphatic heterocycles. The Bertz CT molecular complexity index is 194. The topological polar surface area (TPSA) is 26.7 Å². The van der Waals surface area contributed by atoms with Gasteiger partial charge in [-0.3, -0.25) is 4.90 Å². The minimum atomic E-state index is -0.116. The fraction of sp³-hybridized carbons (Fsp3) is 1.00. The van der Waals surface area contributed by atoms with E-state index >= 15 is 0 Å². The van der Waals surface area contributed by atoms with Crippen molar-refractivity contribution in [1.82, 2.24) is 9.80 Å². The van der Waals surface area contributed by atoms with Crippen molar-refractivity contribution in [3.8, 4) is 0 Å². The van der Waals surface area contributed by atoms with Crippen molar-refractivity contribution >= 4 is 0 Å². The summed E-state index contributed by atoms with van der Waals surface area (Å²) in [5.74, 6) is 0.825. The predicted molar refractivity (Wildman–Crippen MR) is 57.3 cm³/mol. The van der Waals surface area contributed by atoms with Crippen molar-refractivity contribution < 1.29 is 5.11 Å². The molecule has 82 valence electrons. The van der Waals surface area contributed by atoms with Gasteiger partial charge in [0.2, 0.25) is 0 Å². The molecular formula is C11H22N2O. The van der Waals surface area contributed by atoms with E-state index in [1.165, 1.54) is 12.8 Å². The van der Waals surface area contributed by atoms with Gasteiger partial charge in [0.05, 0.1) is 6.10 Å². The molecule has 14 heavy (non-hydrogen) atoms. The molecule has 3 heteroatoms. The Morgan fingerprint density at radius 2 is 2.00 bits per heavy atom. The number of hydrogen-bond donors (Lipinski definition) is 1. The summed E-state index contributed by atoms with van der Waals surface area (Å²) in [5, 5.41) is 10.1. The van der Waals surface area contributed by atoms with E-state index in [0.29, 0.717) is 6.04 Å². The number of likely N-dealkylation sites (N-methyl/N-ethyl adjacent to an activating group) is 2. The van der Waals surface area contributed by atoms with Gasteiger partial charge in [-0.1, -0.05) is 12.8 Å². The van der Waals surface area contributed by atoms with Crippen LogP contribution in [0.15, 0.2) is 0 Å². The molecule has 1 heterocycles. The second kappa shape index (κ2) is 4.17. The van der Waals surface area contributed by atoms with E-state index in [4.69, 9.17) is 0 Å². The Morgan fingerprint density at radius 3 is 2.64 bits per heavy atom. The van der Waals surface area contributed by atoms with Gasteiger partial charge in [0.1, 0.15) is 0 Å². The van der Waals surface area contributed by atoms with Crippen LogP contribution in [0.5, 0.6) is 0 Å². The van der Waals surface area contributed by atoms with Crippen molar-refractivity contribution in [2.45, 2.75) is 31.4 Å². The second-order valence-electron chi connectivity index (χ2n) is 5.06. The molecule has 0 aromatic heterocycles. The maximum absolute atomic E-state index is 10.1. The number of hydrogen-bond acceptors (Lipinski definition) is 3. The van der Waals surface area contributed by atoms with Gasteiger partial charge in [0.15, 0.2) is 0 Å². The highest BCUT2D eigenvalue weighted by molar-refractivity contribution is 4.88. The van der Waals surface area contributed by atoms with Crippen LogP contribution in [0, 0.1) is 5.92 Å². The molecule has 1 saturated carbocycles. The SMILES string of the molecule is CN1CCN(C)C(C(O)CC2CC2)C1. The third-order valence-corrected chi connectivity index (χ3v) is 3.62. The zero-order valence-corrected chi connectivity index (χ0v) is 9.32. The van der Waals surface area contributed by atoms with Gasteiger partial charge in [-0.2, -0.15) is 0 Å². The lowest BCUT2D eigenvalue weighted by Crippen LogP contribution is -2.55. The maximum Gasteiger partial charge on any atom is 0.0710 e. The molecule has 0 bridgehead atoms. The minimum Gasteiger partial charge on any atom is -0.391 e. The summed E-state index contributed by atoms with van der Waals surface area (Å²) in [6.45, 7) is 3.23. The third-order valence-electron chi connectivity index (χ3n) is 3.62. The second-order valence-corrected chi connectivity index (χ2v) is 5.06. The van der Waals surface area contributed by atoms with Crippen LogP contribution in [0.2, 0.25) is 0 Å². The van der Waals surface area contributed by atoms with E-state index in [1.807, 2.05) is 0 Å². The van der Waals surface area contributed by atoms with Crippen molar-refractivity contribution in [3.05, 3.63) is 0 Å². The van der Waals surface area contributed by atoms with Crippen molar-refractivity contribution in [2.24, 2.45) is 5.92 Å². The summed E-state index contributed by atoms with van der Waals surface area (Å²) in [4.78, 5) is 4.63. The van der Waals surface area contributed by atoms with Crippen molar-refractivity contribution in [3.63, 3.8) is 0 Å². The molecule has 0 aromatic carbocycles. The highest BCUT2D eigenvalue weighted by Crippen LogP contribution is 2.34. The van der Waals surface area contributed by atoms with Gasteiger partial charge >= 0.3 is 0 Å². The quantitative estimate of drug-likeness (QED) is 0.711. The first-order valence-electron chi connectivity index (χ1n) is 5.73. The molecule has 1 N–H and O–H groups in total. The number of piperazine rings is 1. The number of rotatable bonds is 3. The lowest BCUT2D eigenvalue weighted by molar-refractivity contribution is 0.00829. The van der Waals surface area contributed by atoms with Gasteiger partial charge in [-0.25, -0.2) is 0 Å². The number of nitrogens with zero attached hydrogens (tertiary/aromatic N) is 2. The minimum absolute atomic E-state index is 0.116. The van der Waals surface area contributed by atoms with E-state index in [2.05, 4.69) is 23.9 Å². The van der Waals surface area contributed by atoms with Crippen LogP contribution in [-0.4, -0.2) is 60.8 Å². The van der Waals surface area contributed by atoms with E-state index in [0.717, 1.165) is 32.0 Å². The Labute approximate surface area is 86.7 Å². The lowest BCUT2D eigenvalue weighted by Gasteiger charge is -2.40. The zero-order valence-electron chi connectivity index (χ0n) is 9.32. The van der Waals surface area contributed by atoms with Crippen LogP contribution < -0.4 is 0 Å². The molecular weight excluding hydrogens is 176 g/mol. The average molecular weight is 198 g/mol. The predicted octanol–water partition coefficient (Wildman–Crippen LogP) is 0.393. The monoisotopic (exact) mass is 198 g/mol. The van der Waals surface area contributed by atoms with E-state index in [-0.39, 0.29) is 6.10 Å². The molecule has 3 nitrogen and oxygen atoms in total. The normalized spacial score (nSPS) is 33.2. The zero-order chi connectivity index (χ0) is 10.1. The number of aliphatic hydroxyl groups is 1. The molecule has 2 fully saturated rings. The van der Waals surface area contributed by atoms with E-state index in [9.17, 15) is 5.11 Å². The molecule has 0 spiro atoms. The average Bonchev–Trinajstić information content (AvgIpc) is 2.93. The summed E-state index contributed by atoms with van der Waals surface area (Å²) < 4.78 is 0. The number of aliphatic hydroxyl groups excluding tert-OH is 1. The molecule has 2 aliphatic rings. The summed E-state index contributed by atoms with van der Waals surface area (Å²) >= 11 is 0. The van der Waals surface area contributed by atoms with Crippen LogP contribution >= 0.6 is 0 Å². The standard InChI is InChI=1S/C11H22N2O/c1-12-5-6-13(2)10(8-12)11(14)7-9-3-4-9/h9-11,14H,3-8H2,1-2H3. The highest BCUT2D eigenvalue weighted by atomic mass is 16.3. The van der Waals surface area contributed by atoms with E-state index in [1.54, 1.807) is 0 Å². The highest BCUT2D eigenvalue weighted by Gasteiger charge is 2.32. The Balaban J connectivity index is 1.85. The molecule has 1 saturated heterocycles. The largest absolute Gasteiger partial charge is 0.391 e. The summed E-state index contributed by atoms with van der Waals surface area (Å²) in [5.41, 5.74) is 0. The van der Waals surface area contributed by atoms with Crippen LogP contribution in [-0.2, 0) is 0 Å². The van der Waals surface area contributed by atoms with Crippen molar-refractivity contribution in [2.75, 3.05) is 33.7 Å². The van der Waals surface area contributed by atoms with E-state index < -0.39 is 0 Å². The molecule has 2 rings (SSSR count). The maximum atomic E-state index is 10.1. The summed E-state index contributed by atoms with van der Waals surface area (Å²) in [7, 11) is 4.28. The molecule has 1 aliphatic carbocycles. The Hall–Kier alpha value is -0.120.